The minimum atomic E-state index is -0.489. The third-order valence-corrected chi connectivity index (χ3v) is 7.29. The molecule has 0 bridgehead atoms. The minimum Gasteiger partial charge on any atom is -0.463 e. The largest absolute Gasteiger partial charge is 0.463 e. The molecule has 0 N–H and O–H groups in total. The molecular weight excluding hydrogens is 480 g/mol. The fraction of sp³-hybridized carbons (Fsp3) is 0.379. The molecular formula is C29H34N6O3. The number of anilines is 2. The predicted octanol–water partition coefficient (Wildman–Crippen LogP) is 3.49. The van der Waals surface area contributed by atoms with Gasteiger partial charge >= 0.3 is 5.97 Å². The normalized spacial score (nSPS) is 17.5. The average molecular weight is 515 g/mol. The Morgan fingerprint density at radius 2 is 1.71 bits per heavy atom. The molecule has 198 valence electrons. The molecule has 2 aromatic carbocycles. The van der Waals surface area contributed by atoms with Gasteiger partial charge in [-0.25, -0.2) is 9.48 Å². The second kappa shape index (κ2) is 10.7. The van der Waals surface area contributed by atoms with Crippen LogP contribution in [0.1, 0.15) is 36.6 Å². The van der Waals surface area contributed by atoms with Gasteiger partial charge in [-0.1, -0.05) is 42.0 Å². The van der Waals surface area contributed by atoms with Crippen LogP contribution in [0.25, 0.3) is 0 Å². The number of fused-ring (bicyclic) bond motifs is 1. The molecule has 2 aliphatic heterocycles. The van der Waals surface area contributed by atoms with Crippen molar-refractivity contribution in [2.75, 3.05) is 49.1 Å². The van der Waals surface area contributed by atoms with Gasteiger partial charge in [-0.2, -0.15) is 10.1 Å². The monoisotopic (exact) mass is 514 g/mol. The summed E-state index contributed by atoms with van der Waals surface area (Å²) < 4.78 is 7.18. The van der Waals surface area contributed by atoms with Gasteiger partial charge in [0.05, 0.1) is 12.2 Å². The van der Waals surface area contributed by atoms with Crippen LogP contribution in [0.4, 0.5) is 11.6 Å². The van der Waals surface area contributed by atoms with Crippen molar-refractivity contribution in [3.63, 3.8) is 0 Å². The van der Waals surface area contributed by atoms with E-state index in [1.807, 2.05) is 43.0 Å². The number of ether oxygens (including phenoxy) is 1. The lowest BCUT2D eigenvalue weighted by molar-refractivity contribution is -0.139. The number of hydrogen-bond acceptors (Lipinski definition) is 7. The van der Waals surface area contributed by atoms with E-state index < -0.39 is 12.0 Å². The molecule has 0 radical (unpaired) electrons. The van der Waals surface area contributed by atoms with Gasteiger partial charge in [-0.3, -0.25) is 4.79 Å². The maximum Gasteiger partial charge on any atom is 0.338 e. The van der Waals surface area contributed by atoms with Gasteiger partial charge < -0.3 is 19.4 Å². The Balaban J connectivity index is 1.39. The predicted molar refractivity (Wildman–Crippen MR) is 146 cm³/mol. The van der Waals surface area contributed by atoms with Crippen molar-refractivity contribution in [2.24, 2.45) is 0 Å². The number of esters is 1. The number of carbonyl (C=O) groups is 2. The van der Waals surface area contributed by atoms with Crippen LogP contribution in [0.3, 0.4) is 0 Å². The van der Waals surface area contributed by atoms with Gasteiger partial charge in [0.2, 0.25) is 11.9 Å². The lowest BCUT2D eigenvalue weighted by Gasteiger charge is -2.39. The highest BCUT2D eigenvalue weighted by molar-refractivity contribution is 5.93. The van der Waals surface area contributed by atoms with Crippen LogP contribution in [0.5, 0.6) is 0 Å². The number of aromatic nitrogens is 3. The van der Waals surface area contributed by atoms with Gasteiger partial charge in [0, 0.05) is 37.6 Å². The zero-order chi connectivity index (χ0) is 26.8. The van der Waals surface area contributed by atoms with Crippen molar-refractivity contribution in [2.45, 2.75) is 33.7 Å². The molecule has 3 aromatic rings. The highest BCUT2D eigenvalue weighted by atomic mass is 16.5. The standard InChI is InChI=1S/C29H34N6O3/c1-5-38-28(37)26-22(4)34(29-30-19-31-35(29)27(26)23-11-9-20(2)10-12-23)18-25(36)33-15-13-32(14-16-33)24-8-6-7-21(3)17-24/h6-12,17,19,27H,5,13-16,18H2,1-4H3/t27-/m1/s1. The van der Waals surface area contributed by atoms with Crippen molar-refractivity contribution in [3.8, 4) is 0 Å². The Morgan fingerprint density at radius 3 is 2.39 bits per heavy atom. The molecule has 1 fully saturated rings. The van der Waals surface area contributed by atoms with Gasteiger partial charge in [0.15, 0.2) is 0 Å². The summed E-state index contributed by atoms with van der Waals surface area (Å²) in [6, 6.07) is 16.0. The van der Waals surface area contributed by atoms with Crippen molar-refractivity contribution in [1.82, 2.24) is 19.7 Å². The molecule has 1 saturated heterocycles. The number of nitrogens with zero attached hydrogens (tertiary/aromatic N) is 6. The first kappa shape index (κ1) is 25.5. The maximum atomic E-state index is 13.5. The molecule has 1 amide bonds. The van der Waals surface area contributed by atoms with Gasteiger partial charge in [-0.15, -0.1) is 0 Å². The zero-order valence-corrected chi connectivity index (χ0v) is 22.4. The Morgan fingerprint density at radius 1 is 0.974 bits per heavy atom. The minimum absolute atomic E-state index is 0.0141. The molecule has 0 saturated carbocycles. The van der Waals surface area contributed by atoms with E-state index in [9.17, 15) is 9.59 Å². The summed E-state index contributed by atoms with van der Waals surface area (Å²) in [7, 11) is 0. The molecule has 0 aliphatic carbocycles. The van der Waals surface area contributed by atoms with Crippen LogP contribution in [-0.4, -0.2) is 70.9 Å². The number of rotatable bonds is 6. The van der Waals surface area contributed by atoms with Crippen molar-refractivity contribution < 1.29 is 14.3 Å². The van der Waals surface area contributed by atoms with Crippen LogP contribution in [0.2, 0.25) is 0 Å². The van der Waals surface area contributed by atoms with E-state index in [1.165, 1.54) is 17.6 Å². The highest BCUT2D eigenvalue weighted by Crippen LogP contribution is 2.38. The van der Waals surface area contributed by atoms with Gasteiger partial charge in [-0.05, 0) is 51.0 Å². The molecule has 3 heterocycles. The summed E-state index contributed by atoms with van der Waals surface area (Å²) >= 11 is 0. The molecule has 9 nitrogen and oxygen atoms in total. The Hall–Kier alpha value is -4.14. The summed E-state index contributed by atoms with van der Waals surface area (Å²) in [5, 5.41) is 4.48. The fourth-order valence-electron chi connectivity index (χ4n) is 5.22. The second-order valence-electron chi connectivity index (χ2n) is 9.83. The number of allylic oxidation sites excluding steroid dienone is 1. The molecule has 38 heavy (non-hydrogen) atoms. The van der Waals surface area contributed by atoms with Crippen molar-refractivity contribution >= 4 is 23.5 Å². The first-order valence-corrected chi connectivity index (χ1v) is 13.1. The number of amides is 1. The molecule has 0 spiro atoms. The first-order valence-electron chi connectivity index (χ1n) is 13.1. The summed E-state index contributed by atoms with van der Waals surface area (Å²) in [5.74, 6) is 0.105. The van der Waals surface area contributed by atoms with E-state index in [-0.39, 0.29) is 19.1 Å². The Kier molecular flexibility index (Phi) is 7.18. The van der Waals surface area contributed by atoms with Crippen molar-refractivity contribution in [1.29, 1.82) is 0 Å². The smallest absolute Gasteiger partial charge is 0.338 e. The van der Waals surface area contributed by atoms with E-state index in [4.69, 9.17) is 4.74 Å². The molecule has 1 aromatic heterocycles. The molecule has 9 heteroatoms. The zero-order valence-electron chi connectivity index (χ0n) is 22.4. The Bertz CT molecular complexity index is 1350. The van der Waals surface area contributed by atoms with E-state index in [0.717, 1.165) is 24.2 Å². The number of carbonyl (C=O) groups excluding carboxylic acids is 2. The lowest BCUT2D eigenvalue weighted by atomic mass is 9.94. The van der Waals surface area contributed by atoms with E-state index >= 15 is 0 Å². The SMILES string of the molecule is CCOC(=O)C1=C(C)N(CC(=O)N2CCN(c3cccc(C)c3)CC2)c2ncnn2[C@@H]1c1ccc(C)cc1. The van der Waals surface area contributed by atoms with E-state index in [0.29, 0.717) is 30.3 Å². The molecule has 0 unspecified atom stereocenters. The fourth-order valence-corrected chi connectivity index (χ4v) is 5.22. The van der Waals surface area contributed by atoms with Gasteiger partial charge in [0.25, 0.3) is 0 Å². The van der Waals surface area contributed by atoms with Crippen LogP contribution >= 0.6 is 0 Å². The third kappa shape index (κ3) is 4.88. The van der Waals surface area contributed by atoms with Crippen LogP contribution in [0.15, 0.2) is 66.1 Å². The second-order valence-corrected chi connectivity index (χ2v) is 9.83. The molecule has 1 atom stereocenters. The van der Waals surface area contributed by atoms with Crippen LogP contribution in [-0.2, 0) is 14.3 Å². The first-order chi connectivity index (χ1) is 18.4. The van der Waals surface area contributed by atoms with Crippen LogP contribution < -0.4 is 9.80 Å². The summed E-state index contributed by atoms with van der Waals surface area (Å²) in [6.07, 6.45) is 1.47. The number of hydrogen-bond donors (Lipinski definition) is 0. The highest BCUT2D eigenvalue weighted by Gasteiger charge is 2.39. The number of piperazine rings is 1. The quantitative estimate of drug-likeness (QED) is 0.466. The summed E-state index contributed by atoms with van der Waals surface area (Å²) in [5.41, 5.74) is 5.55. The lowest BCUT2D eigenvalue weighted by Crippen LogP contribution is -2.52. The van der Waals surface area contributed by atoms with Crippen molar-refractivity contribution in [3.05, 3.63) is 82.8 Å². The van der Waals surface area contributed by atoms with Gasteiger partial charge in [0.1, 0.15) is 18.9 Å². The molecule has 5 rings (SSSR count). The number of aryl methyl sites for hydroxylation is 2. The number of benzene rings is 2. The third-order valence-electron chi connectivity index (χ3n) is 7.29. The van der Waals surface area contributed by atoms with E-state index in [2.05, 4.69) is 46.2 Å². The summed E-state index contributed by atoms with van der Waals surface area (Å²) in [4.78, 5) is 37.2. The summed E-state index contributed by atoms with van der Waals surface area (Å²) in [6.45, 7) is 10.9. The average Bonchev–Trinajstić information content (AvgIpc) is 3.40. The maximum absolute atomic E-state index is 13.5. The molecule has 2 aliphatic rings. The Labute approximate surface area is 223 Å². The van der Waals surface area contributed by atoms with E-state index in [1.54, 1.807) is 16.5 Å². The van der Waals surface area contributed by atoms with Crippen LogP contribution in [0, 0.1) is 13.8 Å². The topological polar surface area (TPSA) is 83.8 Å².